The van der Waals surface area contributed by atoms with Gasteiger partial charge in [-0.05, 0) is 35.9 Å². The Balaban J connectivity index is 2.18. The van der Waals surface area contributed by atoms with E-state index in [0.717, 1.165) is 11.3 Å². The van der Waals surface area contributed by atoms with Crippen LogP contribution >= 0.6 is 34.8 Å². The summed E-state index contributed by atoms with van der Waals surface area (Å²) in [6, 6.07) is 8.86. The zero-order valence-corrected chi connectivity index (χ0v) is 13.9. The van der Waals surface area contributed by atoms with Gasteiger partial charge in [-0.25, -0.2) is 0 Å². The van der Waals surface area contributed by atoms with Gasteiger partial charge >= 0.3 is 0 Å². The van der Waals surface area contributed by atoms with Crippen molar-refractivity contribution in [3.05, 3.63) is 51.0 Å². The van der Waals surface area contributed by atoms with Gasteiger partial charge in [-0.1, -0.05) is 41.2 Å². The molecule has 3 nitrogen and oxygen atoms in total. The fourth-order valence-corrected chi connectivity index (χ4v) is 2.41. The van der Waals surface area contributed by atoms with Crippen molar-refractivity contribution in [2.45, 2.75) is 6.54 Å². The lowest BCUT2D eigenvalue weighted by atomic mass is 10.2. The normalized spacial score (nSPS) is 9.95. The van der Waals surface area contributed by atoms with Crippen molar-refractivity contribution in [1.29, 1.82) is 0 Å². The van der Waals surface area contributed by atoms with E-state index in [-0.39, 0.29) is 0 Å². The molecule has 0 saturated carbocycles. The lowest BCUT2D eigenvalue weighted by molar-refractivity contribution is 0.386. The number of halogens is 3. The number of terminal acetylenes is 1. The summed E-state index contributed by atoms with van der Waals surface area (Å²) in [5.74, 6) is 0.793. The summed E-state index contributed by atoms with van der Waals surface area (Å²) in [6.07, 6.45) is 7.21. The molecule has 6 heteroatoms. The van der Waals surface area contributed by atoms with Crippen LogP contribution in [-0.2, 0) is 6.54 Å². The maximum Gasteiger partial charge on any atom is 0.200 e. The van der Waals surface area contributed by atoms with Gasteiger partial charge in [-0.15, -0.1) is 0 Å². The van der Waals surface area contributed by atoms with Crippen molar-refractivity contribution in [2.75, 3.05) is 12.4 Å². The Kier molecular flexibility index (Phi) is 5.68. The number of anilines is 1. The van der Waals surface area contributed by atoms with Crippen molar-refractivity contribution >= 4 is 40.5 Å². The summed E-state index contributed by atoms with van der Waals surface area (Å²) >= 11 is 18.0. The molecule has 0 aliphatic carbocycles. The van der Waals surface area contributed by atoms with Crippen molar-refractivity contribution < 1.29 is 9.47 Å². The highest BCUT2D eigenvalue weighted by atomic mass is 35.5. The number of hydrogen-bond donors (Lipinski definition) is 1. The van der Waals surface area contributed by atoms with E-state index in [2.05, 4.69) is 11.4 Å². The predicted octanol–water partition coefficient (Wildman–Crippen LogP) is 5.24. The van der Waals surface area contributed by atoms with Crippen molar-refractivity contribution in [2.24, 2.45) is 0 Å². The van der Waals surface area contributed by atoms with Crippen molar-refractivity contribution in [3.63, 3.8) is 0 Å². The molecule has 0 amide bonds. The van der Waals surface area contributed by atoms with E-state index in [9.17, 15) is 0 Å². The van der Waals surface area contributed by atoms with Crippen LogP contribution in [0.4, 0.5) is 5.69 Å². The fourth-order valence-electron chi connectivity index (χ4n) is 1.84. The number of benzene rings is 2. The first-order valence-electron chi connectivity index (χ1n) is 6.23. The monoisotopic (exact) mass is 355 g/mol. The minimum atomic E-state index is 0.324. The molecule has 0 fully saturated rings. The number of rotatable bonds is 5. The van der Waals surface area contributed by atoms with Gasteiger partial charge in [-0.3, -0.25) is 0 Å². The Labute approximate surface area is 144 Å². The first kappa shape index (κ1) is 16.6. The highest BCUT2D eigenvalue weighted by molar-refractivity contribution is 6.42. The van der Waals surface area contributed by atoms with Gasteiger partial charge in [0.1, 0.15) is 6.11 Å². The molecule has 0 heterocycles. The van der Waals surface area contributed by atoms with Gasteiger partial charge in [0.15, 0.2) is 5.75 Å². The minimum absolute atomic E-state index is 0.324. The maximum atomic E-state index is 6.15. The maximum absolute atomic E-state index is 6.15. The average molecular weight is 357 g/mol. The smallest absolute Gasteiger partial charge is 0.200 e. The van der Waals surface area contributed by atoms with E-state index < -0.39 is 0 Å². The zero-order valence-electron chi connectivity index (χ0n) is 11.6. The van der Waals surface area contributed by atoms with E-state index in [4.69, 9.17) is 50.7 Å². The summed E-state index contributed by atoms with van der Waals surface area (Å²) in [7, 11) is 1.52. The van der Waals surface area contributed by atoms with E-state index in [1.807, 2.05) is 6.07 Å². The third-order valence-corrected chi connectivity index (χ3v) is 3.89. The topological polar surface area (TPSA) is 30.5 Å². The van der Waals surface area contributed by atoms with Gasteiger partial charge < -0.3 is 14.8 Å². The van der Waals surface area contributed by atoms with Crippen molar-refractivity contribution in [1.82, 2.24) is 0 Å². The number of hydrogen-bond acceptors (Lipinski definition) is 3. The van der Waals surface area contributed by atoms with Crippen LogP contribution in [0.1, 0.15) is 5.56 Å². The molecule has 114 valence electrons. The minimum Gasteiger partial charge on any atom is -0.493 e. The number of methoxy groups -OCH3 is 1. The lowest BCUT2D eigenvalue weighted by Gasteiger charge is -2.12. The molecule has 0 bridgehead atoms. The molecule has 2 aromatic rings. The first-order valence-corrected chi connectivity index (χ1v) is 7.36. The van der Waals surface area contributed by atoms with Crippen LogP contribution in [0.15, 0.2) is 30.3 Å². The van der Waals surface area contributed by atoms with E-state index >= 15 is 0 Å². The molecule has 0 spiro atoms. The summed E-state index contributed by atoms with van der Waals surface area (Å²) < 4.78 is 10.3. The Morgan fingerprint density at radius 3 is 2.50 bits per heavy atom. The highest BCUT2D eigenvalue weighted by Crippen LogP contribution is 2.36. The first-order chi connectivity index (χ1) is 10.5. The van der Waals surface area contributed by atoms with Crippen LogP contribution in [0.5, 0.6) is 11.5 Å². The van der Waals surface area contributed by atoms with Gasteiger partial charge in [0.25, 0.3) is 0 Å². The molecule has 0 aliphatic heterocycles. The highest BCUT2D eigenvalue weighted by Gasteiger charge is 2.12. The van der Waals surface area contributed by atoms with E-state index in [1.54, 1.807) is 24.3 Å². The van der Waals surface area contributed by atoms with Gasteiger partial charge in [0.2, 0.25) is 5.75 Å². The second kappa shape index (κ2) is 7.51. The molecule has 22 heavy (non-hydrogen) atoms. The largest absolute Gasteiger partial charge is 0.493 e. The average Bonchev–Trinajstić information content (AvgIpc) is 2.50. The summed E-state index contributed by atoms with van der Waals surface area (Å²) in [5.41, 5.74) is 1.74. The number of nitrogens with one attached hydrogen (secondary N) is 1. The van der Waals surface area contributed by atoms with Crippen LogP contribution < -0.4 is 14.8 Å². The van der Waals surface area contributed by atoms with E-state index in [1.165, 1.54) is 7.11 Å². The molecule has 0 aliphatic rings. The molecular formula is C16H12Cl3NO2. The summed E-state index contributed by atoms with van der Waals surface area (Å²) in [6.45, 7) is 0.518. The Morgan fingerprint density at radius 1 is 1.09 bits per heavy atom. The number of ether oxygens (including phenoxy) is 2. The molecular weight excluding hydrogens is 345 g/mol. The SMILES string of the molecule is C#COc1c(Cl)cc(CNc2ccc(Cl)c(Cl)c2)cc1OC. The molecule has 2 rings (SSSR count). The summed E-state index contributed by atoms with van der Waals surface area (Å²) in [4.78, 5) is 0. The van der Waals surface area contributed by atoms with Crippen LogP contribution in [0.2, 0.25) is 15.1 Å². The Morgan fingerprint density at radius 2 is 1.86 bits per heavy atom. The molecule has 0 aromatic heterocycles. The standard InChI is InChI=1S/C16H12Cl3NO2/c1-3-22-16-14(19)6-10(7-15(16)21-2)9-20-11-4-5-12(17)13(18)8-11/h1,4-8,20H,9H2,2H3. The Bertz CT molecular complexity index is 726. The molecule has 0 saturated heterocycles. The predicted molar refractivity (Wildman–Crippen MR) is 91.3 cm³/mol. The van der Waals surface area contributed by atoms with Gasteiger partial charge in [0.05, 0.1) is 22.2 Å². The zero-order chi connectivity index (χ0) is 16.1. The second-order valence-corrected chi connectivity index (χ2v) is 5.53. The van der Waals surface area contributed by atoms with Crippen LogP contribution in [0.3, 0.4) is 0 Å². The molecule has 2 aromatic carbocycles. The third-order valence-electron chi connectivity index (χ3n) is 2.87. The van der Waals surface area contributed by atoms with E-state index in [0.29, 0.717) is 33.1 Å². The van der Waals surface area contributed by atoms with Gasteiger partial charge in [-0.2, -0.15) is 0 Å². The second-order valence-electron chi connectivity index (χ2n) is 4.31. The fraction of sp³-hybridized carbons (Fsp3) is 0.125. The van der Waals surface area contributed by atoms with Crippen LogP contribution in [0, 0.1) is 12.5 Å². The van der Waals surface area contributed by atoms with Crippen LogP contribution in [-0.4, -0.2) is 7.11 Å². The van der Waals surface area contributed by atoms with Crippen molar-refractivity contribution in [3.8, 4) is 24.0 Å². The summed E-state index contributed by atoms with van der Waals surface area (Å²) in [5, 5.41) is 4.59. The van der Waals surface area contributed by atoms with Gasteiger partial charge in [0, 0.05) is 12.2 Å². The van der Waals surface area contributed by atoms with Crippen LogP contribution in [0.25, 0.3) is 0 Å². The molecule has 0 radical (unpaired) electrons. The molecule has 0 atom stereocenters. The third kappa shape index (κ3) is 3.92. The molecule has 0 unspecified atom stereocenters. The quantitative estimate of drug-likeness (QED) is 0.743. The lowest BCUT2D eigenvalue weighted by Crippen LogP contribution is -2.01. The molecule has 1 N–H and O–H groups in total. The Hall–Kier alpha value is -1.73.